The monoisotopic (exact) mass is 361 g/mol. The van der Waals surface area contributed by atoms with E-state index >= 15 is 0 Å². The van der Waals surface area contributed by atoms with Crippen LogP contribution < -0.4 is 4.57 Å². The van der Waals surface area contributed by atoms with Crippen LogP contribution in [0.2, 0.25) is 0 Å². The Bertz CT molecular complexity index is 1340. The van der Waals surface area contributed by atoms with Crippen molar-refractivity contribution in [1.29, 1.82) is 0 Å². The Morgan fingerprint density at radius 2 is 1.46 bits per heavy atom. The van der Waals surface area contributed by atoms with Gasteiger partial charge < -0.3 is 0 Å². The Balaban J connectivity index is 1.71. The second-order valence-corrected chi connectivity index (χ2v) is 7.32. The highest BCUT2D eigenvalue weighted by atomic mass is 14.9. The zero-order valence-corrected chi connectivity index (χ0v) is 16.1. The highest BCUT2D eigenvalue weighted by Crippen LogP contribution is 2.32. The molecule has 0 aliphatic rings. The van der Waals surface area contributed by atoms with E-state index in [2.05, 4.69) is 96.3 Å². The molecule has 5 rings (SSSR count). The zero-order valence-electron chi connectivity index (χ0n) is 16.1. The molecule has 134 valence electrons. The molecule has 4 aromatic carbocycles. The van der Waals surface area contributed by atoms with Gasteiger partial charge in [-0.3, -0.25) is 4.98 Å². The van der Waals surface area contributed by atoms with Crippen LogP contribution in [0.5, 0.6) is 0 Å². The molecule has 5 aromatic rings. The van der Waals surface area contributed by atoms with E-state index in [0.717, 1.165) is 5.69 Å². The smallest absolute Gasteiger partial charge is 0.231 e. The predicted octanol–water partition coefficient (Wildman–Crippen LogP) is 5.85. The maximum Gasteiger partial charge on any atom is 0.231 e. The summed E-state index contributed by atoms with van der Waals surface area (Å²) in [6.07, 6.45) is 5.74. The molecule has 0 spiro atoms. The number of rotatable bonds is 2. The molecule has 1 heterocycles. The number of fused-ring (bicyclic) bond motifs is 3. The van der Waals surface area contributed by atoms with Crippen molar-refractivity contribution in [1.82, 2.24) is 4.98 Å². The number of benzene rings is 4. The van der Waals surface area contributed by atoms with Crippen molar-refractivity contribution >= 4 is 21.5 Å². The Morgan fingerprint density at radius 1 is 0.750 bits per heavy atom. The van der Waals surface area contributed by atoms with Crippen molar-refractivity contribution in [2.45, 2.75) is 6.92 Å². The van der Waals surface area contributed by atoms with Crippen LogP contribution in [0.3, 0.4) is 0 Å². The van der Waals surface area contributed by atoms with Gasteiger partial charge in [-0.05, 0) is 57.3 Å². The summed E-state index contributed by atoms with van der Waals surface area (Å²) in [5.41, 5.74) is 6.04. The minimum absolute atomic E-state index is 1.12. The first-order chi connectivity index (χ1) is 13.7. The van der Waals surface area contributed by atoms with Gasteiger partial charge in [0.15, 0.2) is 6.20 Å². The van der Waals surface area contributed by atoms with Crippen LogP contribution in [0.15, 0.2) is 91.4 Å². The van der Waals surface area contributed by atoms with Crippen LogP contribution >= 0.6 is 0 Å². The molecule has 0 saturated carbocycles. The molecule has 2 nitrogen and oxygen atoms in total. The van der Waals surface area contributed by atoms with E-state index in [9.17, 15) is 0 Å². The summed E-state index contributed by atoms with van der Waals surface area (Å²) in [7, 11) is 2.06. The van der Waals surface area contributed by atoms with Crippen molar-refractivity contribution in [2.75, 3.05) is 0 Å². The van der Waals surface area contributed by atoms with Crippen molar-refractivity contribution in [3.05, 3.63) is 97.0 Å². The molecule has 0 unspecified atom stereocenters. The number of hydrogen-bond acceptors (Lipinski definition) is 1. The third kappa shape index (κ3) is 2.74. The molecular weight excluding hydrogens is 340 g/mol. The molecule has 0 bridgehead atoms. The van der Waals surface area contributed by atoms with Gasteiger partial charge in [-0.2, -0.15) is 4.57 Å². The van der Waals surface area contributed by atoms with Gasteiger partial charge in [-0.1, -0.05) is 60.7 Å². The van der Waals surface area contributed by atoms with E-state index < -0.39 is 0 Å². The number of aromatic nitrogens is 2. The van der Waals surface area contributed by atoms with Gasteiger partial charge in [0.1, 0.15) is 7.05 Å². The van der Waals surface area contributed by atoms with E-state index in [1.807, 2.05) is 18.6 Å². The van der Waals surface area contributed by atoms with Gasteiger partial charge in [0.25, 0.3) is 0 Å². The molecule has 0 N–H and O–H groups in total. The summed E-state index contributed by atoms with van der Waals surface area (Å²) in [4.78, 5) is 4.32. The van der Waals surface area contributed by atoms with Crippen LogP contribution in [0.4, 0.5) is 0 Å². The Hall–Kier alpha value is -3.52. The molecule has 1 aromatic heterocycles. The normalized spacial score (nSPS) is 11.2. The summed E-state index contributed by atoms with van der Waals surface area (Å²) >= 11 is 0. The van der Waals surface area contributed by atoms with Crippen LogP contribution in [0, 0.1) is 6.92 Å². The van der Waals surface area contributed by atoms with Gasteiger partial charge in [-0.25, -0.2) is 0 Å². The Labute approximate surface area is 164 Å². The second-order valence-electron chi connectivity index (χ2n) is 7.32. The third-order valence-corrected chi connectivity index (χ3v) is 5.55. The molecule has 28 heavy (non-hydrogen) atoms. The predicted molar refractivity (Wildman–Crippen MR) is 116 cm³/mol. The lowest BCUT2D eigenvalue weighted by atomic mass is 9.94. The number of aryl methyl sites for hydroxylation is 2. The first-order valence-electron chi connectivity index (χ1n) is 9.53. The second kappa shape index (κ2) is 6.58. The molecule has 0 atom stereocenters. The Kier molecular flexibility index (Phi) is 3.91. The van der Waals surface area contributed by atoms with E-state index in [4.69, 9.17) is 0 Å². The molecule has 0 aliphatic heterocycles. The minimum atomic E-state index is 1.12. The van der Waals surface area contributed by atoms with Crippen LogP contribution in [-0.2, 0) is 7.05 Å². The molecule has 0 fully saturated rings. The van der Waals surface area contributed by atoms with Crippen molar-refractivity contribution in [2.24, 2.45) is 7.05 Å². The zero-order chi connectivity index (χ0) is 19.1. The third-order valence-electron chi connectivity index (χ3n) is 5.55. The van der Waals surface area contributed by atoms with Crippen molar-refractivity contribution in [3.8, 4) is 22.4 Å². The highest BCUT2D eigenvalue weighted by molar-refractivity contribution is 6.08. The SMILES string of the molecule is Cc1ccc(-c2ccc3ccc4ccccc4c3c2)cc1-c1cncc[n+]1C. The number of nitrogens with zero attached hydrogens (tertiary/aromatic N) is 2. The van der Waals surface area contributed by atoms with Gasteiger partial charge in [0, 0.05) is 0 Å². The molecular formula is C26H21N2+. The molecule has 0 saturated heterocycles. The molecule has 0 amide bonds. The summed E-state index contributed by atoms with van der Waals surface area (Å²) in [6.45, 7) is 2.15. The Morgan fingerprint density at radius 3 is 2.32 bits per heavy atom. The number of hydrogen-bond donors (Lipinski definition) is 0. The first-order valence-corrected chi connectivity index (χ1v) is 9.53. The van der Waals surface area contributed by atoms with Crippen molar-refractivity contribution < 1.29 is 4.57 Å². The quantitative estimate of drug-likeness (QED) is 0.284. The molecule has 0 radical (unpaired) electrons. The lowest BCUT2D eigenvalue weighted by Gasteiger charge is -2.10. The molecule has 2 heteroatoms. The standard InChI is InChI=1S/C26H21N2/c1-18-7-8-21(15-24(18)26-17-27-13-14-28(26)2)22-12-11-20-10-9-19-5-3-4-6-23(19)25(20)16-22/h3-17H,1-2H3/q+1. The van der Waals surface area contributed by atoms with Gasteiger partial charge in [0.2, 0.25) is 5.69 Å². The topological polar surface area (TPSA) is 16.8 Å². The fourth-order valence-corrected chi connectivity index (χ4v) is 3.94. The average molecular weight is 361 g/mol. The van der Waals surface area contributed by atoms with Crippen LogP contribution in [0.1, 0.15) is 5.56 Å². The maximum atomic E-state index is 4.32. The fourth-order valence-electron chi connectivity index (χ4n) is 3.94. The minimum Gasteiger partial charge on any atom is -0.252 e. The summed E-state index contributed by atoms with van der Waals surface area (Å²) in [5.74, 6) is 0. The van der Waals surface area contributed by atoms with E-state index in [-0.39, 0.29) is 0 Å². The summed E-state index contributed by atoms with van der Waals surface area (Å²) < 4.78 is 2.12. The summed E-state index contributed by atoms with van der Waals surface area (Å²) in [6, 6.07) is 26.4. The lowest BCUT2D eigenvalue weighted by Crippen LogP contribution is -2.30. The average Bonchev–Trinajstić information content (AvgIpc) is 2.74. The lowest BCUT2D eigenvalue weighted by molar-refractivity contribution is -0.660. The van der Waals surface area contributed by atoms with E-state index in [1.54, 1.807) is 0 Å². The van der Waals surface area contributed by atoms with Gasteiger partial charge in [-0.15, -0.1) is 0 Å². The maximum absolute atomic E-state index is 4.32. The summed E-state index contributed by atoms with van der Waals surface area (Å²) in [5, 5.41) is 5.14. The van der Waals surface area contributed by atoms with Crippen molar-refractivity contribution in [3.63, 3.8) is 0 Å². The first kappa shape index (κ1) is 16.6. The van der Waals surface area contributed by atoms with Crippen LogP contribution in [0.25, 0.3) is 43.9 Å². The molecule has 0 aliphatic carbocycles. The van der Waals surface area contributed by atoms with E-state index in [0.29, 0.717) is 0 Å². The van der Waals surface area contributed by atoms with E-state index in [1.165, 1.54) is 43.8 Å². The van der Waals surface area contributed by atoms with Crippen LogP contribution in [-0.4, -0.2) is 4.98 Å². The fraction of sp³-hybridized carbons (Fsp3) is 0.0769. The largest absolute Gasteiger partial charge is 0.252 e. The van der Waals surface area contributed by atoms with Gasteiger partial charge >= 0.3 is 0 Å². The highest BCUT2D eigenvalue weighted by Gasteiger charge is 2.13. The van der Waals surface area contributed by atoms with Gasteiger partial charge in [0.05, 0.1) is 18.0 Å².